The van der Waals surface area contributed by atoms with Gasteiger partial charge >= 0.3 is 0 Å². The average molecular weight is 188 g/mol. The van der Waals surface area contributed by atoms with Gasteiger partial charge < -0.3 is 10.2 Å². The maximum atomic E-state index is 10.1. The zero-order valence-corrected chi connectivity index (χ0v) is 9.81. The molecule has 0 aromatic carbocycles. The lowest BCUT2D eigenvalue weighted by molar-refractivity contribution is -0.0648. The van der Waals surface area contributed by atoms with Crippen LogP contribution in [0.4, 0.5) is 0 Å². The SMILES string of the molecule is CC(C)(O)CCC(C)(O)C(C)(C)C. The van der Waals surface area contributed by atoms with Gasteiger partial charge in [-0.2, -0.15) is 0 Å². The maximum absolute atomic E-state index is 10.1. The molecule has 0 saturated carbocycles. The van der Waals surface area contributed by atoms with E-state index in [1.165, 1.54) is 0 Å². The first-order valence-electron chi connectivity index (χ1n) is 4.90. The molecule has 0 aliphatic carbocycles. The third-order valence-corrected chi connectivity index (χ3v) is 2.84. The molecular formula is C11H24O2. The van der Waals surface area contributed by atoms with Gasteiger partial charge in [0.15, 0.2) is 0 Å². The van der Waals surface area contributed by atoms with Crippen molar-refractivity contribution in [2.45, 2.75) is 65.6 Å². The van der Waals surface area contributed by atoms with E-state index in [9.17, 15) is 10.2 Å². The summed E-state index contributed by atoms with van der Waals surface area (Å²) < 4.78 is 0. The molecule has 0 aromatic heterocycles. The fourth-order valence-electron chi connectivity index (χ4n) is 0.924. The van der Waals surface area contributed by atoms with Gasteiger partial charge in [-0.25, -0.2) is 0 Å². The second kappa shape index (κ2) is 3.58. The van der Waals surface area contributed by atoms with Crippen LogP contribution in [0.3, 0.4) is 0 Å². The molecule has 0 bridgehead atoms. The Morgan fingerprint density at radius 3 is 1.38 bits per heavy atom. The molecule has 0 heterocycles. The summed E-state index contributed by atoms with van der Waals surface area (Å²) in [6.45, 7) is 11.4. The molecule has 1 unspecified atom stereocenters. The smallest absolute Gasteiger partial charge is 0.0668 e. The molecule has 0 fully saturated rings. The fourth-order valence-corrected chi connectivity index (χ4v) is 0.924. The molecular weight excluding hydrogens is 164 g/mol. The van der Waals surface area contributed by atoms with Crippen molar-refractivity contribution in [1.82, 2.24) is 0 Å². The number of rotatable bonds is 3. The van der Waals surface area contributed by atoms with Crippen molar-refractivity contribution in [2.75, 3.05) is 0 Å². The minimum absolute atomic E-state index is 0.141. The van der Waals surface area contributed by atoms with Crippen molar-refractivity contribution in [3.8, 4) is 0 Å². The summed E-state index contributed by atoms with van der Waals surface area (Å²) in [4.78, 5) is 0. The Bertz CT molecular complexity index is 158. The van der Waals surface area contributed by atoms with E-state index in [4.69, 9.17) is 0 Å². The molecule has 2 N–H and O–H groups in total. The zero-order valence-electron chi connectivity index (χ0n) is 9.81. The van der Waals surface area contributed by atoms with Crippen molar-refractivity contribution in [3.63, 3.8) is 0 Å². The largest absolute Gasteiger partial charge is 0.390 e. The van der Waals surface area contributed by atoms with Gasteiger partial charge in [0, 0.05) is 0 Å². The molecule has 13 heavy (non-hydrogen) atoms. The van der Waals surface area contributed by atoms with Gasteiger partial charge in [-0.1, -0.05) is 20.8 Å². The molecule has 0 radical (unpaired) electrons. The third kappa shape index (κ3) is 4.63. The molecule has 1 atom stereocenters. The van der Waals surface area contributed by atoms with Crippen molar-refractivity contribution in [1.29, 1.82) is 0 Å². The second-order valence-electron chi connectivity index (χ2n) is 5.84. The summed E-state index contributed by atoms with van der Waals surface area (Å²) in [6, 6.07) is 0. The highest BCUT2D eigenvalue weighted by Gasteiger charge is 2.35. The van der Waals surface area contributed by atoms with E-state index in [0.29, 0.717) is 12.8 Å². The van der Waals surface area contributed by atoms with Crippen LogP contribution in [-0.2, 0) is 0 Å². The standard InChI is InChI=1S/C11H24O2/c1-9(2,3)11(6,13)8-7-10(4,5)12/h12-13H,7-8H2,1-6H3. The van der Waals surface area contributed by atoms with Gasteiger partial charge in [-0.15, -0.1) is 0 Å². The first-order valence-corrected chi connectivity index (χ1v) is 4.90. The van der Waals surface area contributed by atoms with Gasteiger partial charge in [-0.3, -0.25) is 0 Å². The molecule has 80 valence electrons. The Hall–Kier alpha value is -0.0800. The fraction of sp³-hybridized carbons (Fsp3) is 1.00. The highest BCUT2D eigenvalue weighted by molar-refractivity contribution is 4.87. The minimum Gasteiger partial charge on any atom is -0.390 e. The van der Waals surface area contributed by atoms with Gasteiger partial charge in [0.1, 0.15) is 0 Å². The van der Waals surface area contributed by atoms with Crippen LogP contribution in [0, 0.1) is 5.41 Å². The Morgan fingerprint density at radius 1 is 0.769 bits per heavy atom. The van der Waals surface area contributed by atoms with Gasteiger partial charge in [0.25, 0.3) is 0 Å². The summed E-state index contributed by atoms with van der Waals surface area (Å²) in [7, 11) is 0. The first-order chi connectivity index (χ1) is 5.46. The van der Waals surface area contributed by atoms with Crippen LogP contribution in [0.15, 0.2) is 0 Å². The van der Waals surface area contributed by atoms with Gasteiger partial charge in [0.2, 0.25) is 0 Å². The number of hydrogen-bond donors (Lipinski definition) is 2. The summed E-state index contributed by atoms with van der Waals surface area (Å²) in [6.07, 6.45) is 1.25. The summed E-state index contributed by atoms with van der Waals surface area (Å²) in [5.41, 5.74) is -1.54. The monoisotopic (exact) mass is 188 g/mol. The third-order valence-electron chi connectivity index (χ3n) is 2.84. The van der Waals surface area contributed by atoms with Crippen molar-refractivity contribution < 1.29 is 10.2 Å². The molecule has 0 amide bonds. The molecule has 0 saturated heterocycles. The summed E-state index contributed by atoms with van der Waals surface area (Å²) >= 11 is 0. The summed E-state index contributed by atoms with van der Waals surface area (Å²) in [5, 5.41) is 19.6. The predicted molar refractivity (Wildman–Crippen MR) is 55.6 cm³/mol. The maximum Gasteiger partial charge on any atom is 0.0668 e. The Labute approximate surface area is 82.0 Å². The quantitative estimate of drug-likeness (QED) is 0.713. The highest BCUT2D eigenvalue weighted by atomic mass is 16.3. The lowest BCUT2D eigenvalue weighted by Gasteiger charge is -2.38. The van der Waals surface area contributed by atoms with E-state index in [2.05, 4.69) is 0 Å². The van der Waals surface area contributed by atoms with Gasteiger partial charge in [0.05, 0.1) is 11.2 Å². The molecule has 0 spiro atoms. The van der Waals surface area contributed by atoms with Crippen LogP contribution in [0.1, 0.15) is 54.4 Å². The van der Waals surface area contributed by atoms with Gasteiger partial charge in [-0.05, 0) is 39.0 Å². The van der Waals surface area contributed by atoms with E-state index >= 15 is 0 Å². The van der Waals surface area contributed by atoms with E-state index in [0.717, 1.165) is 0 Å². The molecule has 0 aromatic rings. The van der Waals surface area contributed by atoms with Crippen molar-refractivity contribution in [3.05, 3.63) is 0 Å². The van der Waals surface area contributed by atoms with Crippen LogP contribution in [0.2, 0.25) is 0 Å². The number of hydrogen-bond acceptors (Lipinski definition) is 2. The lowest BCUT2D eigenvalue weighted by atomic mass is 9.74. The normalized spacial score (nSPS) is 18.5. The Morgan fingerprint density at radius 2 is 1.15 bits per heavy atom. The summed E-state index contributed by atoms with van der Waals surface area (Å²) in [5.74, 6) is 0. The van der Waals surface area contributed by atoms with Crippen LogP contribution in [0.25, 0.3) is 0 Å². The Kier molecular flexibility index (Phi) is 3.56. The minimum atomic E-state index is -0.715. The van der Waals surface area contributed by atoms with Crippen LogP contribution >= 0.6 is 0 Å². The van der Waals surface area contributed by atoms with E-state index in [1.54, 1.807) is 13.8 Å². The lowest BCUT2D eigenvalue weighted by Crippen LogP contribution is -2.41. The molecule has 0 aliphatic rings. The number of aliphatic hydroxyl groups is 2. The molecule has 2 nitrogen and oxygen atoms in total. The Balaban J connectivity index is 4.21. The predicted octanol–water partition coefficient (Wildman–Crippen LogP) is 2.33. The topological polar surface area (TPSA) is 40.5 Å². The first kappa shape index (κ1) is 12.9. The van der Waals surface area contributed by atoms with Crippen molar-refractivity contribution >= 4 is 0 Å². The average Bonchev–Trinajstić information content (AvgIpc) is 1.79. The van der Waals surface area contributed by atoms with Crippen LogP contribution < -0.4 is 0 Å². The zero-order chi connectivity index (χ0) is 10.9. The van der Waals surface area contributed by atoms with Crippen LogP contribution in [-0.4, -0.2) is 21.4 Å². The molecule has 2 heteroatoms. The van der Waals surface area contributed by atoms with E-state index in [-0.39, 0.29) is 5.41 Å². The molecule has 0 aliphatic heterocycles. The van der Waals surface area contributed by atoms with Crippen LogP contribution in [0.5, 0.6) is 0 Å². The highest BCUT2D eigenvalue weighted by Crippen LogP contribution is 2.34. The van der Waals surface area contributed by atoms with Crippen molar-refractivity contribution in [2.24, 2.45) is 5.41 Å². The second-order valence-corrected chi connectivity index (χ2v) is 5.84. The van der Waals surface area contributed by atoms with E-state index in [1.807, 2.05) is 27.7 Å². The van der Waals surface area contributed by atoms with E-state index < -0.39 is 11.2 Å². The molecule has 0 rings (SSSR count).